The Labute approximate surface area is 159 Å². The lowest BCUT2D eigenvalue weighted by atomic mass is 10.0. The molecule has 0 unspecified atom stereocenters. The maximum atomic E-state index is 12.9. The Balaban J connectivity index is 1.65. The van der Waals surface area contributed by atoms with Crippen LogP contribution in [0.3, 0.4) is 0 Å². The topological polar surface area (TPSA) is 41.8 Å². The normalized spacial score (nSPS) is 13.7. The molecule has 3 aromatic carbocycles. The van der Waals surface area contributed by atoms with E-state index in [1.165, 1.54) is 17.5 Å². The molecule has 132 valence electrons. The molecule has 0 saturated carbocycles. The molecule has 1 aliphatic rings. The molecule has 27 heavy (non-hydrogen) atoms. The Kier molecular flexibility index (Phi) is 5.01. The number of fused-ring (bicyclic) bond motifs is 1. The monoisotopic (exact) mass is 352 g/mol. The van der Waals surface area contributed by atoms with Gasteiger partial charge in [0.25, 0.3) is 0 Å². The molecule has 0 spiro atoms. The molecule has 0 aromatic heterocycles. The Bertz CT molecular complexity index is 1010. The zero-order chi connectivity index (χ0) is 18.5. The van der Waals surface area contributed by atoms with Crippen molar-refractivity contribution in [3.05, 3.63) is 107 Å². The minimum absolute atomic E-state index is 0.132. The summed E-state index contributed by atoms with van der Waals surface area (Å²) in [5.74, 6) is -0.132. The first kappa shape index (κ1) is 17.1. The van der Waals surface area contributed by atoms with E-state index in [0.717, 1.165) is 24.0 Å². The third kappa shape index (κ3) is 3.93. The molecule has 0 bridgehead atoms. The summed E-state index contributed by atoms with van der Waals surface area (Å²) in [6.45, 7) is 0. The summed E-state index contributed by atoms with van der Waals surface area (Å²) in [5, 5.41) is 8.53. The average molecular weight is 352 g/mol. The van der Waals surface area contributed by atoms with E-state index in [0.29, 0.717) is 11.3 Å². The number of nitrogens with zero attached hydrogens (tertiary/aromatic N) is 2. The Morgan fingerprint density at radius 1 is 0.778 bits per heavy atom. The second-order valence-corrected chi connectivity index (χ2v) is 6.64. The predicted molar refractivity (Wildman–Crippen MR) is 110 cm³/mol. The molecule has 0 aliphatic heterocycles. The van der Waals surface area contributed by atoms with E-state index in [2.05, 4.69) is 28.4 Å². The fraction of sp³-hybridized carbons (Fsp3) is 0.125. The van der Waals surface area contributed by atoms with Crippen LogP contribution in [0.4, 0.5) is 0 Å². The summed E-state index contributed by atoms with van der Waals surface area (Å²) in [6.07, 6.45) is 5.23. The van der Waals surface area contributed by atoms with E-state index >= 15 is 0 Å². The van der Waals surface area contributed by atoms with Crippen molar-refractivity contribution in [2.24, 2.45) is 10.2 Å². The van der Waals surface area contributed by atoms with Gasteiger partial charge >= 0.3 is 0 Å². The molecule has 3 nitrogen and oxygen atoms in total. The molecular weight excluding hydrogens is 332 g/mol. The highest BCUT2D eigenvalue weighted by Gasteiger charge is 2.16. The Hall–Kier alpha value is -3.33. The summed E-state index contributed by atoms with van der Waals surface area (Å²) in [5.41, 5.74) is 5.55. The molecule has 3 heteroatoms. The third-order valence-corrected chi connectivity index (χ3v) is 4.79. The van der Waals surface area contributed by atoms with Crippen molar-refractivity contribution in [2.45, 2.75) is 19.3 Å². The molecule has 3 aromatic rings. The van der Waals surface area contributed by atoms with Crippen molar-refractivity contribution in [3.63, 3.8) is 0 Å². The van der Waals surface area contributed by atoms with Gasteiger partial charge in [0, 0.05) is 11.1 Å². The van der Waals surface area contributed by atoms with Crippen LogP contribution >= 0.6 is 0 Å². The van der Waals surface area contributed by atoms with E-state index in [1.807, 2.05) is 48.5 Å². The van der Waals surface area contributed by atoms with Crippen LogP contribution in [0, 0.1) is 0 Å². The van der Waals surface area contributed by atoms with E-state index < -0.39 is 0 Å². The highest BCUT2D eigenvalue weighted by molar-refractivity contribution is 6.51. The van der Waals surface area contributed by atoms with Crippen molar-refractivity contribution in [3.8, 4) is 0 Å². The van der Waals surface area contributed by atoms with Gasteiger partial charge in [0.2, 0.25) is 5.78 Å². The molecule has 0 atom stereocenters. The van der Waals surface area contributed by atoms with Crippen LogP contribution in [0.2, 0.25) is 0 Å². The van der Waals surface area contributed by atoms with Gasteiger partial charge in [-0.25, -0.2) is 0 Å². The van der Waals surface area contributed by atoms with Gasteiger partial charge in [-0.3, -0.25) is 4.79 Å². The first-order chi connectivity index (χ1) is 13.3. The maximum absolute atomic E-state index is 12.9. The van der Waals surface area contributed by atoms with E-state index in [4.69, 9.17) is 0 Å². The molecule has 1 aliphatic carbocycles. The van der Waals surface area contributed by atoms with Gasteiger partial charge in [0.05, 0.1) is 6.21 Å². The molecule has 0 amide bonds. The smallest absolute Gasteiger partial charge is 0.213 e. The standard InChI is InChI=1S/C24H20N2O/c27-24(21-10-5-2-6-11-21)23(20-8-3-1-4-9-20)26-25-17-18-14-15-19-12-7-13-22(19)16-18/h1-6,8-11,14-17H,7,12-13H2/b25-17-,26-23+. The molecule has 4 rings (SSSR count). The van der Waals surface area contributed by atoms with Crippen LogP contribution in [0.5, 0.6) is 0 Å². The second-order valence-electron chi connectivity index (χ2n) is 6.64. The number of Topliss-reactive ketones (excluding diaryl/α,β-unsaturated/α-hetero) is 1. The third-order valence-electron chi connectivity index (χ3n) is 4.79. The molecule has 0 saturated heterocycles. The fourth-order valence-corrected chi connectivity index (χ4v) is 3.38. The predicted octanol–water partition coefficient (Wildman–Crippen LogP) is 4.88. The number of benzene rings is 3. The number of hydrogen-bond donors (Lipinski definition) is 0. The highest BCUT2D eigenvalue weighted by Crippen LogP contribution is 2.22. The number of rotatable bonds is 5. The summed E-state index contributed by atoms with van der Waals surface area (Å²) in [7, 11) is 0. The van der Waals surface area contributed by atoms with Crippen molar-refractivity contribution in [2.75, 3.05) is 0 Å². The number of carbonyl (C=O) groups excluding carboxylic acids is 1. The van der Waals surface area contributed by atoms with Gasteiger partial charge in [0.15, 0.2) is 0 Å². The van der Waals surface area contributed by atoms with Crippen molar-refractivity contribution < 1.29 is 4.79 Å². The number of aryl methyl sites for hydroxylation is 2. The van der Waals surface area contributed by atoms with Gasteiger partial charge in [-0.1, -0.05) is 72.8 Å². The number of hydrogen-bond acceptors (Lipinski definition) is 3. The first-order valence-corrected chi connectivity index (χ1v) is 9.19. The lowest BCUT2D eigenvalue weighted by molar-refractivity contribution is 0.106. The van der Waals surface area contributed by atoms with E-state index in [-0.39, 0.29) is 5.78 Å². The average Bonchev–Trinajstić information content (AvgIpc) is 3.20. The van der Waals surface area contributed by atoms with Crippen LogP contribution in [0.15, 0.2) is 89.1 Å². The van der Waals surface area contributed by atoms with Crippen LogP contribution in [-0.4, -0.2) is 17.7 Å². The van der Waals surface area contributed by atoms with E-state index in [9.17, 15) is 4.79 Å². The highest BCUT2D eigenvalue weighted by atomic mass is 16.1. The minimum Gasteiger partial charge on any atom is -0.287 e. The van der Waals surface area contributed by atoms with Crippen molar-refractivity contribution in [1.29, 1.82) is 0 Å². The fourth-order valence-electron chi connectivity index (χ4n) is 3.38. The summed E-state index contributed by atoms with van der Waals surface area (Å²) < 4.78 is 0. The van der Waals surface area contributed by atoms with Crippen LogP contribution in [-0.2, 0) is 12.8 Å². The van der Waals surface area contributed by atoms with Crippen molar-refractivity contribution in [1.82, 2.24) is 0 Å². The molecular formula is C24H20N2O. The van der Waals surface area contributed by atoms with Crippen LogP contribution in [0.1, 0.15) is 39.0 Å². The van der Waals surface area contributed by atoms with Gasteiger partial charge in [-0.2, -0.15) is 5.10 Å². The summed E-state index contributed by atoms with van der Waals surface area (Å²) in [4.78, 5) is 12.9. The SMILES string of the molecule is O=C(/C(=N/N=C\c1ccc2c(c1)CCC2)c1ccccc1)c1ccccc1. The second kappa shape index (κ2) is 7.92. The van der Waals surface area contributed by atoms with Gasteiger partial charge < -0.3 is 0 Å². The summed E-state index contributed by atoms with van der Waals surface area (Å²) >= 11 is 0. The zero-order valence-corrected chi connectivity index (χ0v) is 15.0. The van der Waals surface area contributed by atoms with Gasteiger partial charge in [0.1, 0.15) is 5.71 Å². The van der Waals surface area contributed by atoms with Crippen LogP contribution in [0.25, 0.3) is 0 Å². The Morgan fingerprint density at radius 3 is 2.19 bits per heavy atom. The zero-order valence-electron chi connectivity index (χ0n) is 15.0. The van der Waals surface area contributed by atoms with Gasteiger partial charge in [-0.15, -0.1) is 5.10 Å². The molecule has 0 N–H and O–H groups in total. The quantitative estimate of drug-likeness (QED) is 0.366. The minimum atomic E-state index is -0.132. The first-order valence-electron chi connectivity index (χ1n) is 9.19. The largest absolute Gasteiger partial charge is 0.287 e. The van der Waals surface area contributed by atoms with E-state index in [1.54, 1.807) is 18.3 Å². The van der Waals surface area contributed by atoms with Gasteiger partial charge in [-0.05, 0) is 42.0 Å². The lowest BCUT2D eigenvalue weighted by Gasteiger charge is -2.04. The molecule has 0 heterocycles. The van der Waals surface area contributed by atoms with Crippen molar-refractivity contribution >= 4 is 17.7 Å². The molecule has 0 radical (unpaired) electrons. The number of ketones is 1. The number of carbonyl (C=O) groups is 1. The lowest BCUT2D eigenvalue weighted by Crippen LogP contribution is -2.15. The maximum Gasteiger partial charge on any atom is 0.213 e. The Morgan fingerprint density at radius 2 is 1.44 bits per heavy atom. The summed E-state index contributed by atoms with van der Waals surface area (Å²) in [6, 6.07) is 25.1. The van der Waals surface area contributed by atoms with Crippen LogP contribution < -0.4 is 0 Å². The molecule has 0 fully saturated rings.